The van der Waals surface area contributed by atoms with E-state index in [-0.39, 0.29) is 5.76 Å². The highest BCUT2D eigenvalue weighted by molar-refractivity contribution is 7.17. The molecule has 7 heteroatoms. The van der Waals surface area contributed by atoms with E-state index in [4.69, 9.17) is 13.9 Å². The first-order valence-electron chi connectivity index (χ1n) is 9.76. The van der Waals surface area contributed by atoms with Gasteiger partial charge in [0.15, 0.2) is 5.76 Å². The van der Waals surface area contributed by atoms with Crippen LogP contribution in [0, 0.1) is 6.92 Å². The van der Waals surface area contributed by atoms with Crippen molar-refractivity contribution in [2.24, 2.45) is 0 Å². The Labute approximate surface area is 183 Å². The van der Waals surface area contributed by atoms with Gasteiger partial charge < -0.3 is 19.2 Å². The summed E-state index contributed by atoms with van der Waals surface area (Å²) >= 11 is 1.32. The number of rotatable bonds is 6. The molecule has 6 nitrogen and oxygen atoms in total. The summed E-state index contributed by atoms with van der Waals surface area (Å²) < 4.78 is 16.2. The Bertz CT molecular complexity index is 1220. The van der Waals surface area contributed by atoms with Gasteiger partial charge in [-0.15, -0.1) is 11.3 Å². The molecule has 158 valence electrons. The van der Waals surface area contributed by atoms with Gasteiger partial charge in [-0.1, -0.05) is 30.3 Å². The van der Waals surface area contributed by atoms with Crippen molar-refractivity contribution in [1.82, 2.24) is 0 Å². The number of benzene rings is 2. The normalized spacial score (nSPS) is 10.8. The first-order chi connectivity index (χ1) is 15.0. The molecular formula is C24H21NO5S. The molecule has 0 saturated heterocycles. The number of aryl methyl sites for hydroxylation is 1. The number of carbonyl (C=O) groups is 2. The third kappa shape index (κ3) is 4.04. The second kappa shape index (κ2) is 8.65. The summed E-state index contributed by atoms with van der Waals surface area (Å²) in [4.78, 5) is 26.4. The van der Waals surface area contributed by atoms with E-state index < -0.39 is 11.9 Å². The molecule has 0 aliphatic carbocycles. The number of nitrogens with one attached hydrogen (secondary N) is 1. The minimum atomic E-state index is -0.520. The molecule has 0 radical (unpaired) electrons. The largest absolute Gasteiger partial charge is 0.494 e. The Morgan fingerprint density at radius 3 is 2.52 bits per heavy atom. The summed E-state index contributed by atoms with van der Waals surface area (Å²) in [5.41, 5.74) is 2.50. The first kappa shape index (κ1) is 20.7. The zero-order chi connectivity index (χ0) is 22.0. The molecule has 0 aliphatic heterocycles. The lowest BCUT2D eigenvalue weighted by Gasteiger charge is -2.09. The number of para-hydroxylation sites is 1. The molecule has 0 fully saturated rings. The summed E-state index contributed by atoms with van der Waals surface area (Å²) in [6.45, 7) is 4.39. The van der Waals surface area contributed by atoms with Crippen LogP contribution in [-0.2, 0) is 4.74 Å². The number of hydrogen-bond acceptors (Lipinski definition) is 6. The summed E-state index contributed by atoms with van der Waals surface area (Å²) in [6, 6.07) is 16.5. The summed E-state index contributed by atoms with van der Waals surface area (Å²) in [6.07, 6.45) is 0. The maximum absolute atomic E-state index is 12.9. The molecular weight excluding hydrogens is 414 g/mol. The number of methoxy groups -OCH3 is 1. The number of ether oxygens (including phenoxy) is 2. The van der Waals surface area contributed by atoms with Crippen LogP contribution in [0.1, 0.15) is 32.7 Å². The van der Waals surface area contributed by atoms with Crippen LogP contribution in [0.25, 0.3) is 22.1 Å². The van der Waals surface area contributed by atoms with Crippen LogP contribution in [0.15, 0.2) is 59.0 Å². The van der Waals surface area contributed by atoms with Crippen molar-refractivity contribution in [2.75, 3.05) is 19.0 Å². The molecule has 1 N–H and O–H groups in total. The Balaban J connectivity index is 1.71. The molecule has 2 aromatic carbocycles. The predicted octanol–water partition coefficient (Wildman–Crippen LogP) is 5.91. The minimum absolute atomic E-state index is 0.172. The zero-order valence-corrected chi connectivity index (χ0v) is 18.2. The standard InChI is InChI=1S/C24H21NO5S/c1-4-29-17-11-9-15(10-12-17)20-14(2)31-23(21(20)24(27)28-3)25-22(26)19-13-16-7-5-6-8-18(16)30-19/h5-13H,4H2,1-3H3,(H,25,26). The molecule has 2 heterocycles. The van der Waals surface area contributed by atoms with Crippen LogP contribution in [0.5, 0.6) is 5.75 Å². The number of hydrogen-bond donors (Lipinski definition) is 1. The van der Waals surface area contributed by atoms with E-state index in [0.717, 1.165) is 27.1 Å². The van der Waals surface area contributed by atoms with Crippen molar-refractivity contribution in [3.8, 4) is 16.9 Å². The van der Waals surface area contributed by atoms with E-state index in [1.165, 1.54) is 18.4 Å². The number of carbonyl (C=O) groups excluding carboxylic acids is 2. The quantitative estimate of drug-likeness (QED) is 0.381. The minimum Gasteiger partial charge on any atom is -0.494 e. The number of fused-ring (bicyclic) bond motifs is 1. The fourth-order valence-corrected chi connectivity index (χ4v) is 4.48. The maximum atomic E-state index is 12.9. The van der Waals surface area contributed by atoms with Crippen molar-refractivity contribution in [3.05, 3.63) is 70.8 Å². The molecule has 0 saturated carbocycles. The van der Waals surface area contributed by atoms with Crippen molar-refractivity contribution in [1.29, 1.82) is 0 Å². The smallest absolute Gasteiger partial charge is 0.341 e. The van der Waals surface area contributed by atoms with E-state index in [1.54, 1.807) is 12.1 Å². The Morgan fingerprint density at radius 1 is 1.10 bits per heavy atom. The molecule has 4 rings (SSSR count). The lowest BCUT2D eigenvalue weighted by Crippen LogP contribution is -2.13. The Morgan fingerprint density at radius 2 is 1.84 bits per heavy atom. The topological polar surface area (TPSA) is 77.8 Å². The van der Waals surface area contributed by atoms with Gasteiger partial charge in [0.2, 0.25) is 0 Å². The van der Waals surface area contributed by atoms with Gasteiger partial charge in [-0.05, 0) is 43.7 Å². The van der Waals surface area contributed by atoms with E-state index in [9.17, 15) is 9.59 Å². The van der Waals surface area contributed by atoms with Gasteiger partial charge in [0.1, 0.15) is 21.9 Å². The fourth-order valence-electron chi connectivity index (χ4n) is 3.42. The second-order valence-electron chi connectivity index (χ2n) is 6.79. The number of amides is 1. The molecule has 1 amide bonds. The first-order valence-corrected chi connectivity index (χ1v) is 10.6. The second-order valence-corrected chi connectivity index (χ2v) is 8.01. The molecule has 0 unspecified atom stereocenters. The molecule has 0 aliphatic rings. The number of esters is 1. The van der Waals surface area contributed by atoms with Crippen LogP contribution in [-0.4, -0.2) is 25.6 Å². The molecule has 4 aromatic rings. The highest BCUT2D eigenvalue weighted by Gasteiger charge is 2.26. The molecule has 0 atom stereocenters. The van der Waals surface area contributed by atoms with Gasteiger partial charge in [-0.3, -0.25) is 4.79 Å². The average Bonchev–Trinajstić information content (AvgIpc) is 3.35. The van der Waals surface area contributed by atoms with Gasteiger partial charge in [-0.25, -0.2) is 4.79 Å². The van der Waals surface area contributed by atoms with Gasteiger partial charge in [-0.2, -0.15) is 0 Å². The Hall–Kier alpha value is -3.58. The van der Waals surface area contributed by atoms with Gasteiger partial charge in [0.25, 0.3) is 5.91 Å². The van der Waals surface area contributed by atoms with Crippen molar-refractivity contribution < 1.29 is 23.5 Å². The molecule has 2 aromatic heterocycles. The van der Waals surface area contributed by atoms with Crippen LogP contribution >= 0.6 is 11.3 Å². The summed E-state index contributed by atoms with van der Waals surface area (Å²) in [5.74, 6) is -0.0307. The van der Waals surface area contributed by atoms with Gasteiger partial charge in [0.05, 0.1) is 13.7 Å². The lowest BCUT2D eigenvalue weighted by molar-refractivity contribution is 0.0603. The van der Waals surface area contributed by atoms with E-state index >= 15 is 0 Å². The zero-order valence-electron chi connectivity index (χ0n) is 17.4. The van der Waals surface area contributed by atoms with Gasteiger partial charge >= 0.3 is 5.97 Å². The number of furan rings is 1. The number of anilines is 1. The van der Waals surface area contributed by atoms with Crippen LogP contribution in [0.4, 0.5) is 5.00 Å². The van der Waals surface area contributed by atoms with Crippen molar-refractivity contribution in [2.45, 2.75) is 13.8 Å². The third-order valence-electron chi connectivity index (χ3n) is 4.80. The predicted molar refractivity (Wildman–Crippen MR) is 121 cm³/mol. The monoisotopic (exact) mass is 435 g/mol. The van der Waals surface area contributed by atoms with E-state index in [2.05, 4.69) is 5.32 Å². The van der Waals surface area contributed by atoms with Crippen LogP contribution in [0.3, 0.4) is 0 Å². The maximum Gasteiger partial charge on any atom is 0.341 e. The SMILES string of the molecule is CCOc1ccc(-c2c(C)sc(NC(=O)c3cc4ccccc4o3)c2C(=O)OC)cc1. The van der Waals surface area contributed by atoms with Crippen molar-refractivity contribution >= 4 is 39.2 Å². The van der Waals surface area contributed by atoms with Crippen LogP contribution in [0.2, 0.25) is 0 Å². The lowest BCUT2D eigenvalue weighted by atomic mass is 10.0. The highest BCUT2D eigenvalue weighted by atomic mass is 32.1. The fraction of sp³-hybridized carbons (Fsp3) is 0.167. The van der Waals surface area contributed by atoms with E-state index in [0.29, 0.717) is 22.8 Å². The van der Waals surface area contributed by atoms with Gasteiger partial charge in [0, 0.05) is 15.8 Å². The highest BCUT2D eigenvalue weighted by Crippen LogP contribution is 2.41. The molecule has 0 spiro atoms. The summed E-state index contributed by atoms with van der Waals surface area (Å²) in [5, 5.41) is 4.07. The van der Waals surface area contributed by atoms with E-state index in [1.807, 2.05) is 56.3 Å². The average molecular weight is 436 g/mol. The third-order valence-corrected chi connectivity index (χ3v) is 5.82. The summed E-state index contributed by atoms with van der Waals surface area (Å²) in [7, 11) is 1.32. The molecule has 31 heavy (non-hydrogen) atoms. The van der Waals surface area contributed by atoms with Crippen molar-refractivity contribution in [3.63, 3.8) is 0 Å². The number of thiophene rings is 1. The van der Waals surface area contributed by atoms with Crippen LogP contribution < -0.4 is 10.1 Å². The Kier molecular flexibility index (Phi) is 5.77. The molecule has 0 bridgehead atoms.